The van der Waals surface area contributed by atoms with Gasteiger partial charge in [-0.25, -0.2) is 0 Å². The summed E-state index contributed by atoms with van der Waals surface area (Å²) in [6.07, 6.45) is 0. The third-order valence-electron chi connectivity index (χ3n) is 8.06. The first-order valence-corrected chi connectivity index (χ1v) is 14.9. The molecule has 0 aliphatic carbocycles. The Kier molecular flexibility index (Phi) is 7.70. The number of anilines is 2. The molecular formula is C34H38B2N2S. The number of rotatable bonds is 5. The molecule has 0 radical (unpaired) electrons. The number of hydrogen-bond acceptors (Lipinski definition) is 3. The highest BCUT2D eigenvalue weighted by atomic mass is 32.1. The Bertz CT molecular complexity index is 1460. The Labute approximate surface area is 240 Å². The van der Waals surface area contributed by atoms with E-state index >= 15 is 0 Å². The summed E-state index contributed by atoms with van der Waals surface area (Å²) in [7, 11) is 0. The molecule has 0 atom stereocenters. The zero-order valence-corrected chi connectivity index (χ0v) is 25.5. The maximum atomic E-state index is 3.65. The van der Waals surface area contributed by atoms with Crippen LogP contribution in [-0.2, 0) is 0 Å². The van der Waals surface area contributed by atoms with Crippen LogP contribution in [0.15, 0.2) is 60.7 Å². The number of nitrogens with zero attached hydrogens (tertiary/aromatic N) is 2. The largest absolute Gasteiger partial charge is 0.466 e. The normalized spacial score (nSPS) is 12.5. The molecule has 0 unspecified atom stereocenters. The van der Waals surface area contributed by atoms with Gasteiger partial charge in [0.2, 0.25) is 0 Å². The van der Waals surface area contributed by atoms with Crippen molar-refractivity contribution in [3.05, 3.63) is 98.9 Å². The topological polar surface area (TPSA) is 6.48 Å². The predicted octanol–water partition coefficient (Wildman–Crippen LogP) is 5.86. The Hall–Kier alpha value is -3.35. The van der Waals surface area contributed by atoms with Crippen molar-refractivity contribution in [1.82, 2.24) is 0 Å². The molecule has 0 saturated carbocycles. The third kappa shape index (κ3) is 5.04. The zero-order valence-electron chi connectivity index (χ0n) is 24.6. The fraction of sp³-hybridized carbons (Fsp3) is 0.294. The number of aryl methyl sites for hydroxylation is 6. The van der Waals surface area contributed by atoms with E-state index in [1.54, 1.807) is 0 Å². The van der Waals surface area contributed by atoms with E-state index in [1.807, 2.05) is 11.3 Å². The van der Waals surface area contributed by atoms with Gasteiger partial charge in [0, 0.05) is 24.5 Å². The summed E-state index contributed by atoms with van der Waals surface area (Å²) >= 11 is 1.85. The number of hydrogen-bond donors (Lipinski definition) is 0. The molecule has 39 heavy (non-hydrogen) atoms. The van der Waals surface area contributed by atoms with Gasteiger partial charge in [-0.3, -0.25) is 0 Å². The van der Waals surface area contributed by atoms with Crippen molar-refractivity contribution >= 4 is 52.1 Å². The minimum atomic E-state index is 0.0573. The van der Waals surface area contributed by atoms with Crippen molar-refractivity contribution < 1.29 is 0 Å². The summed E-state index contributed by atoms with van der Waals surface area (Å²) in [5.74, 6) is 7.24. The molecule has 5 rings (SSSR count). The molecule has 0 N–H and O–H groups in total. The fourth-order valence-corrected chi connectivity index (χ4v) is 7.65. The van der Waals surface area contributed by atoms with Gasteiger partial charge < -0.3 is 9.62 Å². The van der Waals surface area contributed by atoms with E-state index in [0.717, 1.165) is 18.0 Å². The van der Waals surface area contributed by atoms with Crippen molar-refractivity contribution in [1.29, 1.82) is 0 Å². The highest BCUT2D eigenvalue weighted by Crippen LogP contribution is 2.37. The van der Waals surface area contributed by atoms with Gasteiger partial charge in [-0.15, -0.1) is 11.3 Å². The van der Waals surface area contributed by atoms with E-state index < -0.39 is 0 Å². The Morgan fingerprint density at radius 3 is 1.59 bits per heavy atom. The summed E-state index contributed by atoms with van der Waals surface area (Å²) in [5.41, 5.74) is 13.5. The highest BCUT2D eigenvalue weighted by Gasteiger charge is 2.38. The maximum Gasteiger partial charge on any atom is 0.466 e. The monoisotopic (exact) mass is 528 g/mol. The molecule has 1 aliphatic heterocycles. The van der Waals surface area contributed by atoms with Crippen LogP contribution < -0.4 is 25.3 Å². The minimum absolute atomic E-state index is 0.0573. The molecule has 3 aromatic carbocycles. The van der Waals surface area contributed by atoms with Gasteiger partial charge in [0.1, 0.15) is 0 Å². The van der Waals surface area contributed by atoms with Crippen molar-refractivity contribution in [2.75, 3.05) is 22.7 Å². The fourth-order valence-electron chi connectivity index (χ4n) is 6.66. The number of benzene rings is 3. The van der Waals surface area contributed by atoms with E-state index in [0.29, 0.717) is 0 Å². The van der Waals surface area contributed by atoms with Gasteiger partial charge in [0.25, 0.3) is 6.71 Å². The molecule has 2 nitrogen and oxygen atoms in total. The lowest BCUT2D eigenvalue weighted by atomic mass is 9.37. The molecule has 0 bridgehead atoms. The van der Waals surface area contributed by atoms with Crippen LogP contribution >= 0.6 is 11.3 Å². The lowest BCUT2D eigenvalue weighted by Crippen LogP contribution is -2.54. The van der Waals surface area contributed by atoms with Crippen molar-refractivity contribution in [2.24, 2.45) is 0 Å². The first-order valence-electron chi connectivity index (χ1n) is 14.1. The van der Waals surface area contributed by atoms with E-state index in [-0.39, 0.29) is 13.7 Å². The standard InChI is InChI=1S/C34H38B2N2S/c1-9-37-30-13-11-12-14-31(30)38(10-2)35(37)18-17-29-15-16-32(39-29)36(33-25(5)19-23(3)20-26(33)6)34-27(7)21-24(4)22-28(34)8/h11-16,19-22H,9-10H2,1-8H3. The SMILES string of the molecule is CCN1B(C#Cc2ccc(B(c3c(C)cc(C)cc3C)c3c(C)cc(C)cc3C)s2)N(CC)c2ccccc21. The van der Waals surface area contributed by atoms with Gasteiger partial charge in [-0.05, 0) is 78.4 Å². The average Bonchev–Trinajstić information content (AvgIpc) is 3.47. The van der Waals surface area contributed by atoms with Crippen LogP contribution in [0.2, 0.25) is 0 Å². The molecule has 0 saturated heterocycles. The molecule has 1 aliphatic rings. The van der Waals surface area contributed by atoms with Crippen LogP contribution in [0.4, 0.5) is 11.4 Å². The van der Waals surface area contributed by atoms with E-state index in [4.69, 9.17) is 0 Å². The highest BCUT2D eigenvalue weighted by molar-refractivity contribution is 7.27. The predicted molar refractivity (Wildman–Crippen MR) is 175 cm³/mol. The van der Waals surface area contributed by atoms with Crippen molar-refractivity contribution in [2.45, 2.75) is 55.4 Å². The minimum Gasteiger partial charge on any atom is -0.384 e. The lowest BCUT2D eigenvalue weighted by molar-refractivity contribution is 1.06. The molecular weight excluding hydrogens is 490 g/mol. The second-order valence-electron chi connectivity index (χ2n) is 11.0. The first kappa shape index (κ1) is 27.2. The Morgan fingerprint density at radius 1 is 0.692 bits per heavy atom. The van der Waals surface area contributed by atoms with Gasteiger partial charge in [0.15, 0.2) is 0 Å². The number of thiophene rings is 1. The quantitative estimate of drug-likeness (QED) is 0.237. The van der Waals surface area contributed by atoms with Crippen molar-refractivity contribution in [3.8, 4) is 11.7 Å². The van der Waals surface area contributed by atoms with Crippen LogP contribution in [0, 0.1) is 53.3 Å². The number of para-hydroxylation sites is 2. The molecule has 0 amide bonds. The molecule has 5 heteroatoms. The van der Waals surface area contributed by atoms with E-state index in [1.165, 1.54) is 60.5 Å². The van der Waals surface area contributed by atoms with Crippen LogP contribution in [0.25, 0.3) is 0 Å². The maximum absolute atomic E-state index is 3.65. The molecule has 0 fully saturated rings. The second-order valence-corrected chi connectivity index (χ2v) is 12.1. The van der Waals surface area contributed by atoms with Gasteiger partial charge >= 0.3 is 6.98 Å². The molecule has 4 aromatic rings. The molecule has 196 valence electrons. The zero-order chi connectivity index (χ0) is 27.8. The Morgan fingerprint density at radius 2 is 1.15 bits per heavy atom. The average molecular weight is 528 g/mol. The molecule has 2 heterocycles. The summed E-state index contributed by atoms with van der Waals surface area (Å²) < 4.78 is 1.36. The van der Waals surface area contributed by atoms with Gasteiger partial charge in [0.05, 0.1) is 4.88 Å². The summed E-state index contributed by atoms with van der Waals surface area (Å²) in [6.45, 7) is 20.0. The van der Waals surface area contributed by atoms with Crippen LogP contribution in [-0.4, -0.2) is 26.8 Å². The smallest absolute Gasteiger partial charge is 0.384 e. The number of fused-ring (bicyclic) bond motifs is 1. The Balaban J connectivity index is 1.58. The summed E-state index contributed by atoms with van der Waals surface area (Å²) in [4.78, 5) is 5.96. The van der Waals surface area contributed by atoms with Crippen LogP contribution in [0.3, 0.4) is 0 Å². The molecule has 0 spiro atoms. The third-order valence-corrected chi connectivity index (χ3v) is 9.13. The van der Waals surface area contributed by atoms with Gasteiger partial charge in [-0.1, -0.05) is 98.5 Å². The van der Waals surface area contributed by atoms with Gasteiger partial charge in [-0.2, -0.15) is 0 Å². The van der Waals surface area contributed by atoms with E-state index in [2.05, 4.69) is 137 Å². The second kappa shape index (κ2) is 11.0. The van der Waals surface area contributed by atoms with Crippen LogP contribution in [0.5, 0.6) is 0 Å². The summed E-state index contributed by atoms with van der Waals surface area (Å²) in [6, 6.07) is 22.6. The lowest BCUT2D eigenvalue weighted by Gasteiger charge is -2.23. The van der Waals surface area contributed by atoms with E-state index in [9.17, 15) is 0 Å². The van der Waals surface area contributed by atoms with Crippen LogP contribution in [0.1, 0.15) is 52.1 Å². The van der Waals surface area contributed by atoms with Crippen molar-refractivity contribution in [3.63, 3.8) is 0 Å². The molecule has 1 aromatic heterocycles. The summed E-state index contributed by atoms with van der Waals surface area (Å²) in [5, 5.41) is 0. The first-order chi connectivity index (χ1) is 18.7.